The molecule has 4 heterocycles. The van der Waals surface area contributed by atoms with E-state index in [9.17, 15) is 4.79 Å². The lowest BCUT2D eigenvalue weighted by Crippen LogP contribution is -2.57. The predicted octanol–water partition coefficient (Wildman–Crippen LogP) is 2.50. The van der Waals surface area contributed by atoms with Crippen molar-refractivity contribution in [2.75, 3.05) is 31.6 Å². The predicted molar refractivity (Wildman–Crippen MR) is 98.0 cm³/mol. The lowest BCUT2D eigenvalue weighted by molar-refractivity contribution is 0.0621. The van der Waals surface area contributed by atoms with Gasteiger partial charge in [0.25, 0.3) is 11.9 Å². The third-order valence-electron chi connectivity index (χ3n) is 5.70. The van der Waals surface area contributed by atoms with E-state index in [1.807, 2.05) is 30.1 Å². The third kappa shape index (κ3) is 2.99. The number of hydrogen-bond donors (Lipinski definition) is 1. The van der Waals surface area contributed by atoms with Crippen LogP contribution in [0, 0.1) is 5.92 Å². The van der Waals surface area contributed by atoms with E-state index in [0.29, 0.717) is 28.6 Å². The van der Waals surface area contributed by atoms with Gasteiger partial charge in [-0.05, 0) is 57.8 Å². The van der Waals surface area contributed by atoms with Crippen LogP contribution in [0.4, 0.5) is 6.01 Å². The molecule has 6 nitrogen and oxygen atoms in total. The van der Waals surface area contributed by atoms with Gasteiger partial charge in [0.05, 0.1) is 5.56 Å². The number of carbonyl (C=O) groups is 1. The Hall–Kier alpha value is -2.08. The minimum Gasteiger partial charge on any atom is -0.423 e. The van der Waals surface area contributed by atoms with Crippen LogP contribution in [-0.4, -0.2) is 54.6 Å². The highest BCUT2D eigenvalue weighted by molar-refractivity contribution is 6.04. The first-order valence-corrected chi connectivity index (χ1v) is 9.18. The van der Waals surface area contributed by atoms with Gasteiger partial charge < -0.3 is 19.5 Å². The summed E-state index contributed by atoms with van der Waals surface area (Å²) in [5.41, 5.74) is 1.90. The zero-order chi connectivity index (χ0) is 17.6. The molecule has 0 aliphatic carbocycles. The Bertz CT molecular complexity index is 777. The Balaban J connectivity index is 1.59. The third-order valence-corrected chi connectivity index (χ3v) is 5.70. The van der Waals surface area contributed by atoms with Crippen molar-refractivity contribution in [3.8, 4) is 0 Å². The number of rotatable bonds is 4. The van der Waals surface area contributed by atoms with Crippen LogP contribution in [0.1, 0.15) is 37.0 Å². The molecule has 2 bridgehead atoms. The van der Waals surface area contributed by atoms with E-state index < -0.39 is 0 Å². The van der Waals surface area contributed by atoms with E-state index in [1.54, 1.807) is 0 Å². The monoisotopic (exact) mass is 342 g/mol. The van der Waals surface area contributed by atoms with E-state index in [4.69, 9.17) is 4.42 Å². The quantitative estimate of drug-likeness (QED) is 0.925. The summed E-state index contributed by atoms with van der Waals surface area (Å²) >= 11 is 0. The molecule has 5 rings (SSSR count). The van der Waals surface area contributed by atoms with Crippen molar-refractivity contribution in [3.05, 3.63) is 23.8 Å². The number of amides is 1. The highest BCUT2D eigenvalue weighted by atomic mass is 16.4. The van der Waals surface area contributed by atoms with Gasteiger partial charge in [-0.3, -0.25) is 4.79 Å². The van der Waals surface area contributed by atoms with Crippen molar-refractivity contribution in [3.63, 3.8) is 0 Å². The summed E-state index contributed by atoms with van der Waals surface area (Å²) in [4.78, 5) is 21.9. The molecule has 1 unspecified atom stereocenters. The Morgan fingerprint density at radius 1 is 1.36 bits per heavy atom. The average molecular weight is 342 g/mol. The molecular weight excluding hydrogens is 316 g/mol. The Morgan fingerprint density at radius 3 is 2.76 bits per heavy atom. The van der Waals surface area contributed by atoms with Crippen molar-refractivity contribution in [2.45, 2.75) is 38.8 Å². The Labute approximate surface area is 148 Å². The molecule has 6 heteroatoms. The first-order chi connectivity index (χ1) is 12.0. The van der Waals surface area contributed by atoms with E-state index in [2.05, 4.69) is 29.0 Å². The lowest BCUT2D eigenvalue weighted by Gasteiger charge is -2.44. The average Bonchev–Trinajstić information content (AvgIpc) is 3.06. The van der Waals surface area contributed by atoms with Crippen LogP contribution in [-0.2, 0) is 0 Å². The fourth-order valence-electron chi connectivity index (χ4n) is 3.87. The first kappa shape index (κ1) is 16.4. The number of nitrogens with one attached hydrogen (secondary N) is 1. The maximum atomic E-state index is 12.9. The van der Waals surface area contributed by atoms with Gasteiger partial charge >= 0.3 is 0 Å². The fourth-order valence-corrected chi connectivity index (χ4v) is 3.87. The smallest absolute Gasteiger partial charge is 0.298 e. The van der Waals surface area contributed by atoms with Crippen LogP contribution in [0.15, 0.2) is 22.6 Å². The molecule has 0 spiro atoms. The Morgan fingerprint density at radius 2 is 2.12 bits per heavy atom. The second-order valence-corrected chi connectivity index (χ2v) is 7.57. The highest BCUT2D eigenvalue weighted by Gasteiger charge is 2.35. The summed E-state index contributed by atoms with van der Waals surface area (Å²) in [6.07, 6.45) is 2.37. The molecule has 0 radical (unpaired) electrons. The zero-order valence-corrected chi connectivity index (χ0v) is 15.2. The molecule has 1 atom stereocenters. The topological polar surface area (TPSA) is 61.6 Å². The minimum atomic E-state index is -0.0450. The van der Waals surface area contributed by atoms with Crippen LogP contribution in [0.25, 0.3) is 11.1 Å². The zero-order valence-electron chi connectivity index (χ0n) is 15.2. The molecule has 3 aliphatic heterocycles. The second kappa shape index (κ2) is 6.33. The maximum absolute atomic E-state index is 12.9. The molecule has 3 saturated heterocycles. The van der Waals surface area contributed by atoms with Gasteiger partial charge in [-0.15, -0.1) is 0 Å². The minimum absolute atomic E-state index is 0.0450. The fraction of sp³-hybridized carbons (Fsp3) is 0.579. The number of hydrogen-bond acceptors (Lipinski definition) is 5. The number of piperidine rings is 3. The van der Waals surface area contributed by atoms with Crippen molar-refractivity contribution < 1.29 is 9.21 Å². The molecule has 25 heavy (non-hydrogen) atoms. The lowest BCUT2D eigenvalue weighted by atomic mass is 9.84. The first-order valence-electron chi connectivity index (χ1n) is 9.18. The van der Waals surface area contributed by atoms with Crippen molar-refractivity contribution in [1.82, 2.24) is 15.2 Å². The van der Waals surface area contributed by atoms with Crippen LogP contribution < -0.4 is 10.2 Å². The number of aromatic nitrogens is 1. The molecule has 1 amide bonds. The summed E-state index contributed by atoms with van der Waals surface area (Å²) < 4.78 is 5.85. The van der Waals surface area contributed by atoms with Gasteiger partial charge in [0.1, 0.15) is 5.52 Å². The van der Waals surface area contributed by atoms with Crippen LogP contribution >= 0.6 is 0 Å². The van der Waals surface area contributed by atoms with Gasteiger partial charge in [-0.2, -0.15) is 4.98 Å². The molecule has 2 aromatic rings. The second-order valence-electron chi connectivity index (χ2n) is 7.57. The van der Waals surface area contributed by atoms with Crippen LogP contribution in [0.5, 0.6) is 0 Å². The van der Waals surface area contributed by atoms with E-state index in [-0.39, 0.29) is 18.0 Å². The van der Waals surface area contributed by atoms with Gasteiger partial charge in [-0.1, -0.05) is 6.07 Å². The van der Waals surface area contributed by atoms with Gasteiger partial charge in [-0.25, -0.2) is 0 Å². The van der Waals surface area contributed by atoms with Crippen LogP contribution in [0.3, 0.4) is 0 Å². The van der Waals surface area contributed by atoms with Crippen LogP contribution in [0.2, 0.25) is 0 Å². The molecule has 3 aliphatic rings. The largest absolute Gasteiger partial charge is 0.423 e. The summed E-state index contributed by atoms with van der Waals surface area (Å²) in [5.74, 6) is 0.560. The molecular formula is C19H26N4O2. The standard InChI is InChI=1S/C19H26N4O2/c1-12(2)22(3)19-21-17-14(5-4-6-16(17)25-19)18(24)20-15-11-23-9-7-13(15)8-10-23/h4-6,12-13,15H,7-11H2,1-3H3,(H,20,24). The van der Waals surface area contributed by atoms with E-state index in [0.717, 1.165) is 6.54 Å². The summed E-state index contributed by atoms with van der Waals surface area (Å²) in [7, 11) is 1.95. The van der Waals surface area contributed by atoms with Crippen molar-refractivity contribution >= 4 is 23.0 Å². The molecule has 1 aromatic carbocycles. The van der Waals surface area contributed by atoms with Gasteiger partial charge in [0.15, 0.2) is 5.58 Å². The highest BCUT2D eigenvalue weighted by Crippen LogP contribution is 2.29. The molecule has 3 fully saturated rings. The number of benzene rings is 1. The molecule has 134 valence electrons. The summed E-state index contributed by atoms with van der Waals surface area (Å²) in [5, 5.41) is 3.24. The van der Waals surface area contributed by atoms with Crippen molar-refractivity contribution in [2.24, 2.45) is 5.92 Å². The number of fused-ring (bicyclic) bond motifs is 4. The molecule has 1 N–H and O–H groups in total. The number of para-hydroxylation sites is 1. The normalized spacial score (nSPS) is 25.5. The summed E-state index contributed by atoms with van der Waals surface area (Å²) in [6.45, 7) is 7.46. The summed E-state index contributed by atoms with van der Waals surface area (Å²) in [6, 6.07) is 6.63. The maximum Gasteiger partial charge on any atom is 0.298 e. The SMILES string of the molecule is CC(C)N(C)c1nc2c(C(=O)NC3CN4CCC3CC4)cccc2o1. The van der Waals surface area contributed by atoms with Gasteiger partial charge in [0, 0.05) is 25.7 Å². The number of nitrogens with zero attached hydrogens (tertiary/aromatic N) is 3. The number of oxazole rings is 1. The number of anilines is 1. The number of carbonyl (C=O) groups excluding carboxylic acids is 1. The Kier molecular flexibility index (Phi) is 4.15. The van der Waals surface area contributed by atoms with Gasteiger partial charge in [0.2, 0.25) is 0 Å². The van der Waals surface area contributed by atoms with Crippen molar-refractivity contribution in [1.29, 1.82) is 0 Å². The molecule has 0 saturated carbocycles. The van der Waals surface area contributed by atoms with E-state index >= 15 is 0 Å². The molecule has 1 aromatic heterocycles. The van der Waals surface area contributed by atoms with E-state index in [1.165, 1.54) is 25.9 Å².